The van der Waals surface area contributed by atoms with Crippen LogP contribution >= 0.6 is 0 Å². The zero-order valence-corrected chi connectivity index (χ0v) is 12.8. The molecule has 1 aromatic carbocycles. The summed E-state index contributed by atoms with van der Waals surface area (Å²) in [7, 11) is 0. The standard InChI is InChI=1S/C15H19N3O5/c1-10-7-18(4-5-21-10)8-14(19)17-15(20)16-11-2-3-12-13(6-11)23-9-22-12/h2-3,6,10H,4-5,7-9H2,1H3,(H2,16,17,19,20)/t10-/m0/s1. The smallest absolute Gasteiger partial charge is 0.325 e. The van der Waals surface area contributed by atoms with Crippen molar-refractivity contribution in [1.82, 2.24) is 10.2 Å². The number of anilines is 1. The third-order valence-corrected chi connectivity index (χ3v) is 3.58. The molecule has 8 heteroatoms. The van der Waals surface area contributed by atoms with Gasteiger partial charge < -0.3 is 19.5 Å². The summed E-state index contributed by atoms with van der Waals surface area (Å²) < 4.78 is 15.8. The topological polar surface area (TPSA) is 89.1 Å². The van der Waals surface area contributed by atoms with E-state index < -0.39 is 6.03 Å². The molecule has 3 rings (SSSR count). The molecule has 2 heterocycles. The van der Waals surface area contributed by atoms with Crippen molar-refractivity contribution in [3.8, 4) is 11.5 Å². The van der Waals surface area contributed by atoms with Gasteiger partial charge >= 0.3 is 6.03 Å². The minimum Gasteiger partial charge on any atom is -0.454 e. The molecule has 0 unspecified atom stereocenters. The highest BCUT2D eigenvalue weighted by Gasteiger charge is 2.20. The number of amides is 3. The average molecular weight is 321 g/mol. The first-order valence-corrected chi connectivity index (χ1v) is 7.44. The maximum Gasteiger partial charge on any atom is 0.325 e. The molecule has 8 nitrogen and oxygen atoms in total. The Morgan fingerprint density at radius 2 is 2.13 bits per heavy atom. The number of urea groups is 1. The normalized spacial score (nSPS) is 20.1. The first kappa shape index (κ1) is 15.6. The molecule has 2 aliphatic heterocycles. The number of imide groups is 1. The number of benzene rings is 1. The summed E-state index contributed by atoms with van der Waals surface area (Å²) in [5.74, 6) is 0.849. The molecule has 3 amide bonds. The minimum absolute atomic E-state index is 0.0963. The predicted octanol–water partition coefficient (Wildman–Crippen LogP) is 0.784. The lowest BCUT2D eigenvalue weighted by Gasteiger charge is -2.30. The summed E-state index contributed by atoms with van der Waals surface area (Å²) in [4.78, 5) is 25.7. The lowest BCUT2D eigenvalue weighted by Crippen LogP contribution is -2.47. The van der Waals surface area contributed by atoms with Crippen molar-refractivity contribution < 1.29 is 23.8 Å². The number of fused-ring (bicyclic) bond motifs is 1. The second kappa shape index (κ2) is 6.84. The third-order valence-electron chi connectivity index (χ3n) is 3.58. The van der Waals surface area contributed by atoms with Gasteiger partial charge in [0, 0.05) is 24.8 Å². The van der Waals surface area contributed by atoms with Crippen LogP contribution in [0, 0.1) is 0 Å². The summed E-state index contributed by atoms with van der Waals surface area (Å²) >= 11 is 0. The molecule has 0 spiro atoms. The van der Waals surface area contributed by atoms with Gasteiger partial charge in [-0.3, -0.25) is 15.0 Å². The number of nitrogens with one attached hydrogen (secondary N) is 2. The molecule has 0 saturated carbocycles. The van der Waals surface area contributed by atoms with Gasteiger partial charge in [-0.2, -0.15) is 0 Å². The Balaban J connectivity index is 1.48. The van der Waals surface area contributed by atoms with Crippen molar-refractivity contribution >= 4 is 17.6 Å². The number of carbonyl (C=O) groups excluding carboxylic acids is 2. The number of hydrogen-bond acceptors (Lipinski definition) is 6. The third kappa shape index (κ3) is 4.11. The van der Waals surface area contributed by atoms with Crippen LogP contribution in [0.15, 0.2) is 18.2 Å². The molecule has 0 aromatic heterocycles. The summed E-state index contributed by atoms with van der Waals surface area (Å²) in [5, 5.41) is 4.91. The summed E-state index contributed by atoms with van der Waals surface area (Å²) in [6.07, 6.45) is 0.0963. The Hall–Kier alpha value is -2.32. The molecule has 124 valence electrons. The van der Waals surface area contributed by atoms with Crippen LogP contribution in [0.5, 0.6) is 11.5 Å². The van der Waals surface area contributed by atoms with E-state index in [9.17, 15) is 9.59 Å². The number of ether oxygens (including phenoxy) is 3. The quantitative estimate of drug-likeness (QED) is 0.855. The van der Waals surface area contributed by atoms with Gasteiger partial charge in [0.1, 0.15) is 0 Å². The monoisotopic (exact) mass is 321 g/mol. The summed E-state index contributed by atoms with van der Waals surface area (Å²) in [6.45, 7) is 4.25. The molecule has 0 aliphatic carbocycles. The van der Waals surface area contributed by atoms with E-state index in [0.29, 0.717) is 36.9 Å². The van der Waals surface area contributed by atoms with E-state index in [-0.39, 0.29) is 25.3 Å². The van der Waals surface area contributed by atoms with Crippen molar-refractivity contribution in [2.45, 2.75) is 13.0 Å². The highest BCUT2D eigenvalue weighted by molar-refractivity contribution is 6.01. The molecule has 0 bridgehead atoms. The highest BCUT2D eigenvalue weighted by Crippen LogP contribution is 2.34. The van der Waals surface area contributed by atoms with Crippen LogP contribution in [0.1, 0.15) is 6.92 Å². The molecule has 0 radical (unpaired) electrons. The maximum absolute atomic E-state index is 11.9. The van der Waals surface area contributed by atoms with Gasteiger partial charge in [-0.25, -0.2) is 4.79 Å². The lowest BCUT2D eigenvalue weighted by molar-refractivity contribution is -0.122. The molecular formula is C15H19N3O5. The number of nitrogens with zero attached hydrogens (tertiary/aromatic N) is 1. The number of hydrogen-bond donors (Lipinski definition) is 2. The van der Waals surface area contributed by atoms with Crippen molar-refractivity contribution in [2.24, 2.45) is 0 Å². The second-order valence-corrected chi connectivity index (χ2v) is 5.49. The zero-order chi connectivity index (χ0) is 16.2. The van der Waals surface area contributed by atoms with Crippen molar-refractivity contribution in [3.63, 3.8) is 0 Å². The molecule has 23 heavy (non-hydrogen) atoms. The van der Waals surface area contributed by atoms with Crippen molar-refractivity contribution in [2.75, 3.05) is 38.4 Å². The molecule has 1 fully saturated rings. The van der Waals surface area contributed by atoms with Gasteiger partial charge in [0.2, 0.25) is 12.7 Å². The SMILES string of the molecule is C[C@H]1CN(CC(=O)NC(=O)Nc2ccc3c(c2)OCO3)CCO1. The van der Waals surface area contributed by atoms with Crippen LogP contribution in [0.2, 0.25) is 0 Å². The Morgan fingerprint density at radius 3 is 2.96 bits per heavy atom. The predicted molar refractivity (Wildman–Crippen MR) is 81.6 cm³/mol. The molecule has 1 saturated heterocycles. The molecule has 1 atom stereocenters. The Kier molecular flexibility index (Phi) is 4.63. The first-order valence-electron chi connectivity index (χ1n) is 7.44. The fourth-order valence-corrected chi connectivity index (χ4v) is 2.54. The van der Waals surface area contributed by atoms with Crippen LogP contribution in [0.4, 0.5) is 10.5 Å². The number of morpholine rings is 1. The lowest BCUT2D eigenvalue weighted by atomic mass is 10.3. The van der Waals surface area contributed by atoms with Gasteiger partial charge in [0.15, 0.2) is 11.5 Å². The number of carbonyl (C=O) groups is 2. The minimum atomic E-state index is -0.574. The fourth-order valence-electron chi connectivity index (χ4n) is 2.54. The van der Waals surface area contributed by atoms with E-state index in [1.165, 1.54) is 0 Å². The second-order valence-electron chi connectivity index (χ2n) is 5.49. The Bertz CT molecular complexity index is 607. The van der Waals surface area contributed by atoms with E-state index >= 15 is 0 Å². The van der Waals surface area contributed by atoms with E-state index in [0.717, 1.165) is 0 Å². The van der Waals surface area contributed by atoms with Gasteiger partial charge in [0.25, 0.3) is 0 Å². The van der Waals surface area contributed by atoms with Gasteiger partial charge in [0.05, 0.1) is 19.3 Å². The largest absolute Gasteiger partial charge is 0.454 e. The number of rotatable bonds is 3. The van der Waals surface area contributed by atoms with Crippen LogP contribution in [-0.2, 0) is 9.53 Å². The Morgan fingerprint density at radius 1 is 1.30 bits per heavy atom. The molecule has 2 aliphatic rings. The van der Waals surface area contributed by atoms with Crippen molar-refractivity contribution in [3.05, 3.63) is 18.2 Å². The van der Waals surface area contributed by atoms with E-state index in [4.69, 9.17) is 14.2 Å². The summed E-state index contributed by atoms with van der Waals surface area (Å²) in [5.41, 5.74) is 0.527. The van der Waals surface area contributed by atoms with E-state index in [1.807, 2.05) is 11.8 Å². The maximum atomic E-state index is 11.9. The molecule has 2 N–H and O–H groups in total. The summed E-state index contributed by atoms with van der Waals surface area (Å²) in [6, 6.07) is 4.46. The highest BCUT2D eigenvalue weighted by atomic mass is 16.7. The molecular weight excluding hydrogens is 302 g/mol. The van der Waals surface area contributed by atoms with Gasteiger partial charge in [-0.05, 0) is 19.1 Å². The van der Waals surface area contributed by atoms with Gasteiger partial charge in [-0.1, -0.05) is 0 Å². The fraction of sp³-hybridized carbons (Fsp3) is 0.467. The average Bonchev–Trinajstić information content (AvgIpc) is 2.94. The van der Waals surface area contributed by atoms with E-state index in [2.05, 4.69) is 10.6 Å². The van der Waals surface area contributed by atoms with E-state index in [1.54, 1.807) is 18.2 Å². The van der Waals surface area contributed by atoms with Crippen LogP contribution in [-0.4, -0.2) is 56.0 Å². The van der Waals surface area contributed by atoms with Crippen molar-refractivity contribution in [1.29, 1.82) is 0 Å². The van der Waals surface area contributed by atoms with Crippen LogP contribution < -0.4 is 20.1 Å². The Labute approximate surface area is 133 Å². The molecule has 1 aromatic rings. The van der Waals surface area contributed by atoms with Crippen LogP contribution in [0.3, 0.4) is 0 Å². The first-order chi connectivity index (χ1) is 11.1. The van der Waals surface area contributed by atoms with Gasteiger partial charge in [-0.15, -0.1) is 0 Å². The zero-order valence-electron chi connectivity index (χ0n) is 12.8. The van der Waals surface area contributed by atoms with Crippen LogP contribution in [0.25, 0.3) is 0 Å².